The Morgan fingerprint density at radius 1 is 1.12 bits per heavy atom. The van der Waals surface area contributed by atoms with E-state index < -0.39 is 11.9 Å². The van der Waals surface area contributed by atoms with Gasteiger partial charge in [0, 0.05) is 13.0 Å². The van der Waals surface area contributed by atoms with E-state index in [1.54, 1.807) is 7.11 Å². The van der Waals surface area contributed by atoms with E-state index in [9.17, 15) is 4.79 Å². The molecule has 4 N–H and O–H groups in total. The fourth-order valence-corrected chi connectivity index (χ4v) is 1.86. The molecule has 24 heavy (non-hydrogen) atoms. The van der Waals surface area contributed by atoms with E-state index in [0.717, 1.165) is 31.7 Å². The summed E-state index contributed by atoms with van der Waals surface area (Å²) in [5, 5.41) is 14.8. The second-order valence-corrected chi connectivity index (χ2v) is 5.05. The number of carbonyl (C=O) groups excluding carboxylic acids is 1. The Morgan fingerprint density at radius 2 is 1.71 bits per heavy atom. The average molecular weight is 340 g/mol. The summed E-state index contributed by atoms with van der Waals surface area (Å²) in [5.41, 5.74) is 6.32. The Hall–Kier alpha value is -2.61. The molecule has 8 nitrogen and oxygen atoms in total. The van der Waals surface area contributed by atoms with Crippen molar-refractivity contribution in [1.29, 1.82) is 0 Å². The SMILES string of the molecule is COc1ccccc1CCN(C)CCCC(N)=O.O=C(O)C(=O)O. The number of nitrogens with two attached hydrogens (primary N) is 1. The molecule has 0 unspecified atom stereocenters. The third kappa shape index (κ3) is 10.2. The molecule has 0 spiro atoms. The number of primary amides is 1. The van der Waals surface area contributed by atoms with E-state index in [0.29, 0.717) is 6.42 Å². The van der Waals surface area contributed by atoms with Crippen LogP contribution in [0.4, 0.5) is 0 Å². The van der Waals surface area contributed by atoms with Gasteiger partial charge >= 0.3 is 11.9 Å². The van der Waals surface area contributed by atoms with Crippen LogP contribution in [0.5, 0.6) is 5.75 Å². The Kier molecular flexibility index (Phi) is 10.6. The molecule has 0 atom stereocenters. The van der Waals surface area contributed by atoms with Crippen LogP contribution < -0.4 is 10.5 Å². The summed E-state index contributed by atoms with van der Waals surface area (Å²) in [6.45, 7) is 1.83. The quantitative estimate of drug-likeness (QED) is 0.590. The number of carboxylic acid groups (broad SMARTS) is 2. The van der Waals surface area contributed by atoms with E-state index >= 15 is 0 Å². The topological polar surface area (TPSA) is 130 Å². The van der Waals surface area contributed by atoms with Crippen LogP contribution in [0, 0.1) is 0 Å². The van der Waals surface area contributed by atoms with Crippen LogP contribution in [-0.4, -0.2) is 60.2 Å². The first-order valence-corrected chi connectivity index (χ1v) is 7.32. The number of carbonyl (C=O) groups is 3. The van der Waals surface area contributed by atoms with Crippen molar-refractivity contribution in [1.82, 2.24) is 4.90 Å². The molecule has 1 aromatic carbocycles. The van der Waals surface area contributed by atoms with Gasteiger partial charge in [0.1, 0.15) is 5.75 Å². The van der Waals surface area contributed by atoms with Crippen LogP contribution in [0.1, 0.15) is 18.4 Å². The van der Waals surface area contributed by atoms with Crippen LogP contribution in [-0.2, 0) is 20.8 Å². The molecule has 0 aliphatic carbocycles. The van der Waals surface area contributed by atoms with Crippen molar-refractivity contribution in [2.45, 2.75) is 19.3 Å². The third-order valence-corrected chi connectivity index (χ3v) is 3.10. The lowest BCUT2D eigenvalue weighted by Crippen LogP contribution is -2.24. The largest absolute Gasteiger partial charge is 0.496 e. The highest BCUT2D eigenvalue weighted by atomic mass is 16.5. The first-order chi connectivity index (χ1) is 11.3. The van der Waals surface area contributed by atoms with Gasteiger partial charge in [-0.15, -0.1) is 0 Å². The normalized spacial score (nSPS) is 9.79. The molecule has 0 heterocycles. The number of methoxy groups -OCH3 is 1. The van der Waals surface area contributed by atoms with Crippen molar-refractivity contribution in [2.24, 2.45) is 5.73 Å². The van der Waals surface area contributed by atoms with Gasteiger partial charge < -0.3 is 25.6 Å². The second-order valence-electron chi connectivity index (χ2n) is 5.05. The number of nitrogens with zero attached hydrogens (tertiary/aromatic N) is 1. The lowest BCUT2D eigenvalue weighted by molar-refractivity contribution is -0.159. The molecule has 1 rings (SSSR count). The standard InChI is InChI=1S/C14H22N2O2.C2H2O4/c1-16(10-5-8-14(15)17)11-9-12-6-3-4-7-13(12)18-2;3-1(4)2(5)6/h3-4,6-7H,5,8-11H2,1-2H3,(H2,15,17);(H,3,4)(H,5,6). The first-order valence-electron chi connectivity index (χ1n) is 7.32. The van der Waals surface area contributed by atoms with Crippen molar-refractivity contribution >= 4 is 17.8 Å². The molecule has 0 fully saturated rings. The number of hydrogen-bond donors (Lipinski definition) is 3. The maximum atomic E-state index is 10.6. The Labute approximate surface area is 140 Å². The molecule has 134 valence electrons. The molecule has 0 aromatic heterocycles. The monoisotopic (exact) mass is 340 g/mol. The summed E-state index contributed by atoms with van der Waals surface area (Å²) in [4.78, 5) is 31.0. The Morgan fingerprint density at radius 3 is 2.21 bits per heavy atom. The average Bonchev–Trinajstić information content (AvgIpc) is 2.53. The summed E-state index contributed by atoms with van der Waals surface area (Å²) in [6.07, 6.45) is 2.22. The number of benzene rings is 1. The smallest absolute Gasteiger partial charge is 0.414 e. The molecule has 0 saturated heterocycles. The number of likely N-dealkylation sites (N-methyl/N-ethyl adjacent to an activating group) is 1. The Balaban J connectivity index is 0.000000754. The summed E-state index contributed by atoms with van der Waals surface area (Å²) >= 11 is 0. The van der Waals surface area contributed by atoms with Crippen molar-refractivity contribution in [2.75, 3.05) is 27.2 Å². The lowest BCUT2D eigenvalue weighted by Gasteiger charge is -2.17. The molecule has 0 radical (unpaired) electrons. The zero-order valence-electron chi connectivity index (χ0n) is 13.9. The predicted octanol–water partition coefficient (Wildman–Crippen LogP) is 0.591. The zero-order valence-corrected chi connectivity index (χ0v) is 13.9. The van der Waals surface area contributed by atoms with Crippen molar-refractivity contribution < 1.29 is 29.3 Å². The number of hydrogen-bond acceptors (Lipinski definition) is 5. The molecule has 0 aliphatic heterocycles. The van der Waals surface area contributed by atoms with E-state index in [1.165, 1.54) is 5.56 Å². The van der Waals surface area contributed by atoms with Crippen LogP contribution in [0.25, 0.3) is 0 Å². The molecule has 1 amide bonds. The molecule has 0 saturated carbocycles. The highest BCUT2D eigenvalue weighted by Gasteiger charge is 2.05. The molecular weight excluding hydrogens is 316 g/mol. The minimum Gasteiger partial charge on any atom is -0.496 e. The van der Waals surface area contributed by atoms with E-state index in [-0.39, 0.29) is 5.91 Å². The van der Waals surface area contributed by atoms with Gasteiger partial charge in [-0.05, 0) is 38.1 Å². The van der Waals surface area contributed by atoms with E-state index in [4.69, 9.17) is 30.3 Å². The number of amides is 1. The highest BCUT2D eigenvalue weighted by Crippen LogP contribution is 2.17. The van der Waals surface area contributed by atoms with Gasteiger partial charge in [0.05, 0.1) is 7.11 Å². The highest BCUT2D eigenvalue weighted by molar-refractivity contribution is 6.27. The predicted molar refractivity (Wildman–Crippen MR) is 87.9 cm³/mol. The van der Waals surface area contributed by atoms with Gasteiger partial charge in [-0.1, -0.05) is 18.2 Å². The lowest BCUT2D eigenvalue weighted by atomic mass is 10.1. The maximum absolute atomic E-state index is 10.6. The third-order valence-electron chi connectivity index (χ3n) is 3.10. The Bertz CT molecular complexity index is 535. The summed E-state index contributed by atoms with van der Waals surface area (Å²) in [5.74, 6) is -2.94. The minimum absolute atomic E-state index is 0.229. The zero-order chi connectivity index (χ0) is 18.5. The fourth-order valence-electron chi connectivity index (χ4n) is 1.86. The van der Waals surface area contributed by atoms with Gasteiger partial charge in [0.15, 0.2) is 0 Å². The second kappa shape index (κ2) is 11.9. The molecule has 0 bridgehead atoms. The minimum atomic E-state index is -1.82. The molecular formula is C16H24N2O6. The fraction of sp³-hybridized carbons (Fsp3) is 0.438. The van der Waals surface area contributed by atoms with Gasteiger partial charge in [0.25, 0.3) is 0 Å². The molecule has 1 aromatic rings. The summed E-state index contributed by atoms with van der Waals surface area (Å²) < 4.78 is 5.31. The number of aliphatic carboxylic acids is 2. The van der Waals surface area contributed by atoms with E-state index in [2.05, 4.69) is 18.0 Å². The molecule has 0 aliphatic rings. The van der Waals surface area contributed by atoms with Gasteiger partial charge in [-0.25, -0.2) is 9.59 Å². The van der Waals surface area contributed by atoms with E-state index in [1.807, 2.05) is 18.2 Å². The number of ether oxygens (including phenoxy) is 1. The van der Waals surface area contributed by atoms with Crippen LogP contribution in [0.3, 0.4) is 0 Å². The first kappa shape index (κ1) is 21.4. The number of rotatable bonds is 8. The van der Waals surface area contributed by atoms with Gasteiger partial charge in [-0.2, -0.15) is 0 Å². The van der Waals surface area contributed by atoms with Crippen LogP contribution in [0.15, 0.2) is 24.3 Å². The molecule has 8 heteroatoms. The van der Waals surface area contributed by atoms with Crippen LogP contribution >= 0.6 is 0 Å². The van der Waals surface area contributed by atoms with Crippen molar-refractivity contribution in [3.05, 3.63) is 29.8 Å². The van der Waals surface area contributed by atoms with Gasteiger partial charge in [0.2, 0.25) is 5.91 Å². The summed E-state index contributed by atoms with van der Waals surface area (Å²) in [7, 11) is 3.74. The number of para-hydroxylation sites is 1. The van der Waals surface area contributed by atoms with Crippen molar-refractivity contribution in [3.63, 3.8) is 0 Å². The van der Waals surface area contributed by atoms with Gasteiger partial charge in [-0.3, -0.25) is 4.79 Å². The number of carboxylic acids is 2. The van der Waals surface area contributed by atoms with Crippen molar-refractivity contribution in [3.8, 4) is 5.75 Å². The van der Waals surface area contributed by atoms with Crippen LogP contribution in [0.2, 0.25) is 0 Å². The summed E-state index contributed by atoms with van der Waals surface area (Å²) in [6, 6.07) is 8.04. The maximum Gasteiger partial charge on any atom is 0.414 e.